The number of likely N-dealkylation sites (N-methyl/N-ethyl adjacent to an activating group) is 1. The Balaban J connectivity index is 3.08. The van der Waals surface area contributed by atoms with Crippen LogP contribution in [0, 0.1) is 0 Å². The molecule has 0 aliphatic heterocycles. The van der Waals surface area contributed by atoms with E-state index in [1.807, 2.05) is 0 Å². The zero-order valence-corrected chi connectivity index (χ0v) is 12.9. The maximum atomic E-state index is 12.4. The van der Waals surface area contributed by atoms with Gasteiger partial charge in [-0.1, -0.05) is 6.92 Å². The number of amides is 1. The summed E-state index contributed by atoms with van der Waals surface area (Å²) in [5.41, 5.74) is 0. The lowest BCUT2D eigenvalue weighted by Gasteiger charge is -2.21. The SMILES string of the molecule is CCCN(CC(=O)N(C)C)S(=O)(=O)c1ccc(C(=O)O)o1. The largest absolute Gasteiger partial charge is 0.475 e. The van der Waals surface area contributed by atoms with Crippen molar-refractivity contribution < 1.29 is 27.5 Å². The molecule has 0 bridgehead atoms. The fourth-order valence-corrected chi connectivity index (χ4v) is 2.92. The topological polar surface area (TPSA) is 108 Å². The molecule has 0 saturated carbocycles. The molecule has 0 aromatic carbocycles. The fraction of sp³-hybridized carbons (Fsp3) is 0.500. The normalized spacial score (nSPS) is 11.6. The molecule has 0 aliphatic carbocycles. The Morgan fingerprint density at radius 2 is 1.90 bits per heavy atom. The van der Waals surface area contributed by atoms with Crippen LogP contribution >= 0.6 is 0 Å². The number of rotatable bonds is 7. The van der Waals surface area contributed by atoms with Gasteiger partial charge >= 0.3 is 5.97 Å². The molecule has 1 heterocycles. The van der Waals surface area contributed by atoms with Crippen LogP contribution in [0.4, 0.5) is 0 Å². The number of carbonyl (C=O) groups excluding carboxylic acids is 1. The van der Waals surface area contributed by atoms with Crippen molar-refractivity contribution in [3.8, 4) is 0 Å². The second kappa shape index (κ2) is 6.72. The first-order valence-corrected chi connectivity index (χ1v) is 7.67. The van der Waals surface area contributed by atoms with E-state index in [-0.39, 0.29) is 19.0 Å². The molecule has 9 heteroatoms. The Labute approximate surface area is 123 Å². The van der Waals surface area contributed by atoms with Crippen LogP contribution in [0.5, 0.6) is 0 Å². The van der Waals surface area contributed by atoms with Gasteiger partial charge in [-0.3, -0.25) is 4.79 Å². The highest BCUT2D eigenvalue weighted by Crippen LogP contribution is 2.19. The summed E-state index contributed by atoms with van der Waals surface area (Å²) in [6.45, 7) is 1.57. The van der Waals surface area contributed by atoms with Crippen molar-refractivity contribution in [1.82, 2.24) is 9.21 Å². The highest BCUT2D eigenvalue weighted by molar-refractivity contribution is 7.89. The molecule has 1 rings (SSSR count). The van der Waals surface area contributed by atoms with Crippen LogP contribution in [0.2, 0.25) is 0 Å². The fourth-order valence-electron chi connectivity index (χ4n) is 1.53. The summed E-state index contributed by atoms with van der Waals surface area (Å²) in [6.07, 6.45) is 0.506. The van der Waals surface area contributed by atoms with Gasteiger partial charge in [0, 0.05) is 20.6 Å². The molecule has 8 nitrogen and oxygen atoms in total. The minimum Gasteiger partial charge on any atom is -0.475 e. The third-order valence-electron chi connectivity index (χ3n) is 2.67. The molecule has 1 aromatic rings. The molecular weight excluding hydrogens is 300 g/mol. The van der Waals surface area contributed by atoms with Crippen molar-refractivity contribution in [2.75, 3.05) is 27.2 Å². The van der Waals surface area contributed by atoms with Crippen LogP contribution in [0.3, 0.4) is 0 Å². The second-order valence-electron chi connectivity index (χ2n) is 4.55. The molecule has 1 amide bonds. The highest BCUT2D eigenvalue weighted by atomic mass is 32.2. The van der Waals surface area contributed by atoms with Crippen molar-refractivity contribution in [2.45, 2.75) is 18.4 Å². The average Bonchev–Trinajstić information content (AvgIpc) is 2.88. The van der Waals surface area contributed by atoms with Gasteiger partial charge in [-0.25, -0.2) is 13.2 Å². The van der Waals surface area contributed by atoms with Crippen LogP contribution in [0.1, 0.15) is 23.9 Å². The van der Waals surface area contributed by atoms with E-state index in [0.717, 1.165) is 16.4 Å². The number of carboxylic acids is 1. The number of hydrogen-bond acceptors (Lipinski definition) is 5. The van der Waals surface area contributed by atoms with Crippen LogP contribution < -0.4 is 0 Å². The van der Waals surface area contributed by atoms with Crippen LogP contribution in [0.25, 0.3) is 0 Å². The van der Waals surface area contributed by atoms with E-state index < -0.39 is 26.8 Å². The molecule has 0 unspecified atom stereocenters. The molecule has 1 aromatic heterocycles. The lowest BCUT2D eigenvalue weighted by Crippen LogP contribution is -2.40. The maximum absolute atomic E-state index is 12.4. The minimum absolute atomic E-state index is 0.130. The smallest absolute Gasteiger partial charge is 0.371 e. The molecule has 0 spiro atoms. The highest BCUT2D eigenvalue weighted by Gasteiger charge is 2.30. The Morgan fingerprint density at radius 3 is 2.33 bits per heavy atom. The van der Waals surface area contributed by atoms with Crippen molar-refractivity contribution in [3.63, 3.8) is 0 Å². The van der Waals surface area contributed by atoms with Gasteiger partial charge in [0.15, 0.2) is 0 Å². The monoisotopic (exact) mass is 318 g/mol. The van der Waals surface area contributed by atoms with Crippen molar-refractivity contribution in [1.29, 1.82) is 0 Å². The van der Waals surface area contributed by atoms with E-state index in [1.54, 1.807) is 6.92 Å². The third kappa shape index (κ3) is 4.05. The lowest BCUT2D eigenvalue weighted by molar-refractivity contribution is -0.128. The van der Waals surface area contributed by atoms with Crippen molar-refractivity contribution >= 4 is 21.9 Å². The van der Waals surface area contributed by atoms with Crippen LogP contribution in [0.15, 0.2) is 21.6 Å². The van der Waals surface area contributed by atoms with Crippen LogP contribution in [-0.2, 0) is 14.8 Å². The first kappa shape index (κ1) is 17.2. The van der Waals surface area contributed by atoms with Gasteiger partial charge in [0.25, 0.3) is 10.0 Å². The van der Waals surface area contributed by atoms with Gasteiger partial charge in [0.1, 0.15) is 0 Å². The van der Waals surface area contributed by atoms with Gasteiger partial charge in [-0.2, -0.15) is 4.31 Å². The summed E-state index contributed by atoms with van der Waals surface area (Å²) >= 11 is 0. The number of carboxylic acid groups (broad SMARTS) is 1. The first-order chi connectivity index (χ1) is 9.70. The number of hydrogen-bond donors (Lipinski definition) is 1. The molecule has 0 aliphatic rings. The van der Waals surface area contributed by atoms with Gasteiger partial charge in [-0.05, 0) is 18.6 Å². The molecule has 0 fully saturated rings. The summed E-state index contributed by atoms with van der Waals surface area (Å²) < 4.78 is 30.6. The molecule has 0 atom stereocenters. The molecule has 0 saturated heterocycles. The van der Waals surface area contributed by atoms with E-state index in [4.69, 9.17) is 9.52 Å². The van der Waals surface area contributed by atoms with Crippen molar-refractivity contribution in [3.05, 3.63) is 17.9 Å². The first-order valence-electron chi connectivity index (χ1n) is 6.23. The van der Waals surface area contributed by atoms with Gasteiger partial charge in [0.2, 0.25) is 16.8 Å². The Bertz CT molecular complexity index is 619. The second-order valence-corrected chi connectivity index (χ2v) is 6.42. The van der Waals surface area contributed by atoms with E-state index in [0.29, 0.717) is 6.42 Å². The summed E-state index contributed by atoms with van der Waals surface area (Å²) in [4.78, 5) is 23.7. The number of nitrogens with zero attached hydrogens (tertiary/aromatic N) is 2. The number of aromatic carboxylic acids is 1. The Kier molecular flexibility index (Phi) is 5.50. The quantitative estimate of drug-likeness (QED) is 0.782. The minimum atomic E-state index is -4.05. The Morgan fingerprint density at radius 1 is 1.29 bits per heavy atom. The maximum Gasteiger partial charge on any atom is 0.371 e. The zero-order valence-electron chi connectivity index (χ0n) is 12.1. The summed E-state index contributed by atoms with van der Waals surface area (Å²) in [5.74, 6) is -2.20. The van der Waals surface area contributed by atoms with E-state index in [9.17, 15) is 18.0 Å². The third-order valence-corrected chi connectivity index (χ3v) is 4.39. The standard InChI is InChI=1S/C12H18N2O6S/c1-4-7-14(8-10(15)13(2)3)21(18,19)11-6-5-9(20-11)12(16)17/h5-6H,4,7-8H2,1-3H3,(H,16,17). The Hall–Kier alpha value is -1.87. The lowest BCUT2D eigenvalue weighted by atomic mass is 10.4. The predicted octanol–water partition coefficient (Wildman–Crippen LogP) is 0.467. The number of furan rings is 1. The summed E-state index contributed by atoms with van der Waals surface area (Å²) in [6, 6.07) is 2.13. The van der Waals surface area contributed by atoms with E-state index in [2.05, 4.69) is 0 Å². The summed E-state index contributed by atoms with van der Waals surface area (Å²) in [7, 11) is -1.00. The molecule has 0 radical (unpaired) electrons. The van der Waals surface area contributed by atoms with Crippen molar-refractivity contribution in [2.24, 2.45) is 0 Å². The molecule has 118 valence electrons. The molecule has 21 heavy (non-hydrogen) atoms. The van der Waals surface area contributed by atoms with Crippen LogP contribution in [-0.4, -0.2) is 61.8 Å². The average molecular weight is 318 g/mol. The van der Waals surface area contributed by atoms with Gasteiger partial charge in [-0.15, -0.1) is 0 Å². The zero-order chi connectivity index (χ0) is 16.2. The molecule has 1 N–H and O–H groups in total. The van der Waals surface area contributed by atoms with E-state index >= 15 is 0 Å². The number of carbonyl (C=O) groups is 2. The summed E-state index contributed by atoms with van der Waals surface area (Å²) in [5, 5.41) is 8.27. The van der Waals surface area contributed by atoms with E-state index in [1.165, 1.54) is 19.0 Å². The van der Waals surface area contributed by atoms with Gasteiger partial charge < -0.3 is 14.4 Å². The molecular formula is C12H18N2O6S. The number of sulfonamides is 1. The predicted molar refractivity (Wildman–Crippen MR) is 73.4 cm³/mol. The van der Waals surface area contributed by atoms with Gasteiger partial charge in [0.05, 0.1) is 6.54 Å².